The summed E-state index contributed by atoms with van der Waals surface area (Å²) in [6.45, 7) is 8.55. The fraction of sp³-hybridized carbons (Fsp3) is 0.538. The summed E-state index contributed by atoms with van der Waals surface area (Å²) in [5, 5.41) is 0. The SMILES string of the molecule is Cc1ccc(S(=O)(=O)N=S(=O)(NC23CC4C[C@@](C)(C2)C[C@](C)(C4)C3)c2ccc(C)cc2)cc1. The predicted molar refractivity (Wildman–Crippen MR) is 132 cm³/mol. The Morgan fingerprint density at radius 3 is 1.73 bits per heavy atom. The van der Waals surface area contributed by atoms with Crippen LogP contribution in [-0.2, 0) is 19.9 Å². The number of benzene rings is 2. The lowest BCUT2D eigenvalue weighted by Gasteiger charge is -2.65. The van der Waals surface area contributed by atoms with Crippen LogP contribution in [0.15, 0.2) is 62.1 Å². The smallest absolute Gasteiger partial charge is 0.228 e. The van der Waals surface area contributed by atoms with Gasteiger partial charge in [0, 0.05) is 5.54 Å². The summed E-state index contributed by atoms with van der Waals surface area (Å²) in [5.41, 5.74) is 2.02. The highest BCUT2D eigenvalue weighted by Crippen LogP contribution is 2.66. The third-order valence-electron chi connectivity index (χ3n) is 7.84. The second-order valence-corrected chi connectivity index (χ2v) is 15.5. The second-order valence-electron chi connectivity index (χ2n) is 11.7. The molecule has 0 radical (unpaired) electrons. The van der Waals surface area contributed by atoms with Crippen LogP contribution in [0.1, 0.15) is 63.5 Å². The molecular weight excluding hydrogens is 452 g/mol. The summed E-state index contributed by atoms with van der Waals surface area (Å²) in [5.74, 6) is 0.583. The Balaban J connectivity index is 1.63. The maximum atomic E-state index is 14.6. The zero-order chi connectivity index (χ0) is 23.7. The fourth-order valence-corrected chi connectivity index (χ4v) is 11.5. The van der Waals surface area contributed by atoms with Gasteiger partial charge in [-0.25, -0.2) is 8.93 Å². The van der Waals surface area contributed by atoms with Crippen LogP contribution in [-0.4, -0.2) is 18.2 Å². The van der Waals surface area contributed by atoms with Crippen molar-refractivity contribution in [2.24, 2.45) is 20.5 Å². The van der Waals surface area contributed by atoms with Gasteiger partial charge >= 0.3 is 0 Å². The maximum absolute atomic E-state index is 14.6. The zero-order valence-corrected chi connectivity index (χ0v) is 21.6. The minimum absolute atomic E-state index is 0.0687. The van der Waals surface area contributed by atoms with Gasteiger partial charge in [-0.05, 0) is 93.4 Å². The fourth-order valence-electron chi connectivity index (χ4n) is 7.59. The number of sulfonamides is 1. The van der Waals surface area contributed by atoms with Gasteiger partial charge in [0.1, 0.15) is 0 Å². The van der Waals surface area contributed by atoms with Gasteiger partial charge in [-0.1, -0.05) is 53.0 Å². The molecule has 7 heteroatoms. The Morgan fingerprint density at radius 1 is 0.758 bits per heavy atom. The van der Waals surface area contributed by atoms with Crippen molar-refractivity contribution >= 4 is 19.9 Å². The van der Waals surface area contributed by atoms with Gasteiger partial charge in [-0.3, -0.25) is 0 Å². The molecule has 4 saturated carbocycles. The largest absolute Gasteiger partial charge is 0.291 e. The molecule has 0 heterocycles. The molecule has 178 valence electrons. The lowest BCUT2D eigenvalue weighted by Crippen LogP contribution is -2.65. The highest BCUT2D eigenvalue weighted by atomic mass is 32.3. The number of nitrogens with zero attached hydrogens (tertiary/aromatic N) is 1. The molecule has 4 fully saturated rings. The average molecular weight is 487 g/mol. The van der Waals surface area contributed by atoms with E-state index in [9.17, 15) is 12.6 Å². The van der Waals surface area contributed by atoms with E-state index in [0.29, 0.717) is 10.8 Å². The van der Waals surface area contributed by atoms with Crippen LogP contribution in [0.4, 0.5) is 0 Å². The van der Waals surface area contributed by atoms with Crippen molar-refractivity contribution in [2.45, 2.75) is 81.5 Å². The third kappa shape index (κ3) is 4.28. The molecule has 6 rings (SSSR count). The van der Waals surface area contributed by atoms with Crippen LogP contribution < -0.4 is 4.72 Å². The summed E-state index contributed by atoms with van der Waals surface area (Å²) in [6, 6.07) is 13.8. The molecule has 5 atom stereocenters. The first-order valence-corrected chi connectivity index (χ1v) is 14.7. The molecule has 3 unspecified atom stereocenters. The summed E-state index contributed by atoms with van der Waals surface area (Å²) in [6.07, 6.45) is 6.35. The molecular formula is C26H34N2O3S2. The third-order valence-corrected chi connectivity index (χ3v) is 12.0. The molecule has 1 N–H and O–H groups in total. The number of hydrogen-bond donors (Lipinski definition) is 1. The van der Waals surface area contributed by atoms with Crippen molar-refractivity contribution in [1.82, 2.24) is 4.72 Å². The first-order valence-electron chi connectivity index (χ1n) is 11.8. The highest BCUT2D eigenvalue weighted by Gasteiger charge is 2.61. The Kier molecular flexibility index (Phi) is 5.17. The molecule has 2 aromatic rings. The number of hydrogen-bond acceptors (Lipinski definition) is 3. The maximum Gasteiger partial charge on any atom is 0.291 e. The number of aryl methyl sites for hydroxylation is 2. The molecule has 4 aliphatic rings. The van der Waals surface area contributed by atoms with Crippen LogP contribution in [0.25, 0.3) is 0 Å². The van der Waals surface area contributed by atoms with E-state index in [-0.39, 0.29) is 21.3 Å². The molecule has 0 aliphatic heterocycles. The zero-order valence-electron chi connectivity index (χ0n) is 19.9. The van der Waals surface area contributed by atoms with E-state index in [2.05, 4.69) is 22.3 Å². The lowest BCUT2D eigenvalue weighted by atomic mass is 9.43. The summed E-state index contributed by atoms with van der Waals surface area (Å²) in [4.78, 5) is 0.494. The van der Waals surface area contributed by atoms with E-state index in [1.807, 2.05) is 26.0 Å². The van der Waals surface area contributed by atoms with Gasteiger partial charge < -0.3 is 0 Å². The molecule has 0 aromatic heterocycles. The van der Waals surface area contributed by atoms with Gasteiger partial charge in [0.15, 0.2) is 9.92 Å². The van der Waals surface area contributed by atoms with Crippen molar-refractivity contribution in [1.29, 1.82) is 0 Å². The molecule has 5 nitrogen and oxygen atoms in total. The first-order chi connectivity index (χ1) is 15.3. The number of nitrogens with one attached hydrogen (secondary N) is 1. The van der Waals surface area contributed by atoms with Crippen LogP contribution in [0.2, 0.25) is 0 Å². The van der Waals surface area contributed by atoms with Crippen molar-refractivity contribution < 1.29 is 12.6 Å². The van der Waals surface area contributed by atoms with Gasteiger partial charge in [0.25, 0.3) is 10.0 Å². The van der Waals surface area contributed by atoms with Crippen LogP contribution in [0.3, 0.4) is 0 Å². The van der Waals surface area contributed by atoms with Gasteiger partial charge in [0.2, 0.25) is 0 Å². The Morgan fingerprint density at radius 2 is 1.24 bits per heavy atom. The van der Waals surface area contributed by atoms with Crippen LogP contribution in [0.5, 0.6) is 0 Å². The van der Waals surface area contributed by atoms with E-state index in [4.69, 9.17) is 0 Å². The Hall–Kier alpha value is -1.70. The van der Waals surface area contributed by atoms with E-state index in [1.165, 1.54) is 31.4 Å². The average Bonchev–Trinajstić information content (AvgIpc) is 2.64. The molecule has 2 aromatic carbocycles. The van der Waals surface area contributed by atoms with Crippen LogP contribution >= 0.6 is 0 Å². The second kappa shape index (κ2) is 7.40. The van der Waals surface area contributed by atoms with E-state index in [1.54, 1.807) is 24.3 Å². The normalized spacial score (nSPS) is 34.7. The van der Waals surface area contributed by atoms with E-state index < -0.39 is 19.9 Å². The van der Waals surface area contributed by atoms with Crippen molar-refractivity contribution in [2.75, 3.05) is 0 Å². The topological polar surface area (TPSA) is 75.6 Å². The minimum atomic E-state index is -4.12. The van der Waals surface area contributed by atoms with Crippen LogP contribution in [0, 0.1) is 30.6 Å². The Bertz CT molecular complexity index is 1290. The van der Waals surface area contributed by atoms with E-state index in [0.717, 1.165) is 30.4 Å². The van der Waals surface area contributed by atoms with Gasteiger partial charge in [-0.15, -0.1) is 0 Å². The standard InChI is InChI=1S/C26H34N2O3S2/c1-19-5-9-22(10-6-19)32(29,28-33(30,31)23-11-7-20(2)8-12-23)27-26-15-21-13-24(3,17-26)16-25(4,14-21)18-26/h5-12,21H,13-18H2,1-4H3,(H,27,28,29)/t21?,24-,25+,26?,32?. The molecule has 0 spiro atoms. The number of rotatable bonds is 5. The van der Waals surface area contributed by atoms with Crippen molar-refractivity contribution in [3.63, 3.8) is 0 Å². The molecule has 0 amide bonds. The summed E-state index contributed by atoms with van der Waals surface area (Å²) < 4.78 is 48.8. The molecule has 0 saturated heterocycles. The van der Waals surface area contributed by atoms with E-state index >= 15 is 0 Å². The van der Waals surface area contributed by atoms with Gasteiger partial charge in [-0.2, -0.15) is 8.42 Å². The van der Waals surface area contributed by atoms with Crippen molar-refractivity contribution in [3.05, 3.63) is 59.7 Å². The first kappa shape index (κ1) is 23.1. The Labute approximate surface area is 198 Å². The summed E-state index contributed by atoms with van der Waals surface area (Å²) in [7, 11) is -7.55. The highest BCUT2D eigenvalue weighted by molar-refractivity contribution is 8.02. The minimum Gasteiger partial charge on any atom is -0.228 e. The summed E-state index contributed by atoms with van der Waals surface area (Å²) >= 11 is 0. The molecule has 4 bridgehead atoms. The van der Waals surface area contributed by atoms with Crippen molar-refractivity contribution in [3.8, 4) is 0 Å². The van der Waals surface area contributed by atoms with Gasteiger partial charge in [0.05, 0.1) is 9.79 Å². The molecule has 4 aliphatic carbocycles. The monoisotopic (exact) mass is 486 g/mol. The quantitative estimate of drug-likeness (QED) is 0.583. The predicted octanol–water partition coefficient (Wildman–Crippen LogP) is 5.77. The molecule has 33 heavy (non-hydrogen) atoms. The lowest BCUT2D eigenvalue weighted by molar-refractivity contribution is -0.110.